The number of benzene rings is 1. The molecular weight excluding hydrogens is 349 g/mol. The highest BCUT2D eigenvalue weighted by atomic mass is 35.5. The molecule has 122 valence electrons. The molecule has 1 aromatic carbocycles. The van der Waals surface area contributed by atoms with Crippen molar-refractivity contribution in [3.63, 3.8) is 0 Å². The fourth-order valence-corrected chi connectivity index (χ4v) is 3.57. The number of nitrogens with zero attached hydrogens (tertiary/aromatic N) is 2. The average molecular weight is 366 g/mol. The molecule has 1 aromatic rings. The normalized spacial score (nSPS) is 23.6. The van der Waals surface area contributed by atoms with Gasteiger partial charge in [0, 0.05) is 13.1 Å². The Kier molecular flexibility index (Phi) is 5.21. The molecule has 1 aliphatic rings. The number of sulfonamides is 1. The lowest BCUT2D eigenvalue weighted by Gasteiger charge is -2.35. The first kappa shape index (κ1) is 17.3. The lowest BCUT2D eigenvalue weighted by molar-refractivity contribution is -0.0483. The predicted molar refractivity (Wildman–Crippen MR) is 86.9 cm³/mol. The average Bonchev–Trinajstić information content (AvgIpc) is 2.40. The van der Waals surface area contributed by atoms with Gasteiger partial charge in [-0.2, -0.15) is 8.42 Å². The number of morpholine rings is 1. The largest absolute Gasteiger partial charge is 0.372 e. The van der Waals surface area contributed by atoms with Crippen molar-refractivity contribution in [3.8, 4) is 0 Å². The number of hydrogen-bond acceptors (Lipinski definition) is 3. The third-order valence-electron chi connectivity index (χ3n) is 3.15. The molecule has 6 nitrogen and oxygen atoms in total. The quantitative estimate of drug-likeness (QED) is 0.640. The molecule has 1 aliphatic heterocycles. The third kappa shape index (κ3) is 4.04. The highest BCUT2D eigenvalue weighted by Gasteiger charge is 2.25. The highest BCUT2D eigenvalue weighted by Crippen LogP contribution is 2.25. The molecule has 1 heterocycles. The van der Waals surface area contributed by atoms with E-state index in [1.807, 2.05) is 13.8 Å². The van der Waals surface area contributed by atoms with Crippen LogP contribution in [-0.4, -0.2) is 44.6 Å². The van der Waals surface area contributed by atoms with Crippen molar-refractivity contribution in [1.29, 1.82) is 0 Å². The van der Waals surface area contributed by atoms with Gasteiger partial charge in [-0.15, -0.1) is 4.40 Å². The molecule has 0 amide bonds. The van der Waals surface area contributed by atoms with E-state index in [4.69, 9.17) is 33.7 Å². The lowest BCUT2D eigenvalue weighted by Crippen LogP contribution is -2.51. The standard InChI is InChI=1S/C13H17Cl2N3O3S/c1-8-6-18(7-9(2)21-8)13(16)17-22(19,20)10-3-4-11(14)12(15)5-10/h3-5,8-9H,6-7H2,1-2H3,(H2,16,17). The molecule has 2 rings (SSSR count). The summed E-state index contributed by atoms with van der Waals surface area (Å²) >= 11 is 11.6. The van der Waals surface area contributed by atoms with Crippen molar-refractivity contribution in [2.24, 2.45) is 10.1 Å². The van der Waals surface area contributed by atoms with Gasteiger partial charge in [0.25, 0.3) is 10.0 Å². The number of ether oxygens (including phenoxy) is 1. The minimum absolute atomic E-state index is 0.0508. The first-order valence-corrected chi connectivity index (χ1v) is 8.84. The maximum absolute atomic E-state index is 12.3. The van der Waals surface area contributed by atoms with Crippen molar-refractivity contribution in [2.75, 3.05) is 13.1 Å². The summed E-state index contributed by atoms with van der Waals surface area (Å²) in [6, 6.07) is 3.99. The molecule has 2 N–H and O–H groups in total. The SMILES string of the molecule is CC1CN(C(N)=NS(=O)(=O)c2ccc(Cl)c(Cl)c2)CC(C)O1. The second kappa shape index (κ2) is 6.62. The minimum atomic E-state index is -3.95. The molecule has 2 unspecified atom stereocenters. The highest BCUT2D eigenvalue weighted by molar-refractivity contribution is 7.90. The van der Waals surface area contributed by atoms with E-state index in [0.29, 0.717) is 13.1 Å². The lowest BCUT2D eigenvalue weighted by atomic mass is 10.2. The Balaban J connectivity index is 2.27. The Morgan fingerprint density at radius 3 is 2.41 bits per heavy atom. The van der Waals surface area contributed by atoms with E-state index in [9.17, 15) is 8.42 Å². The molecule has 0 bridgehead atoms. The molecule has 2 atom stereocenters. The van der Waals surface area contributed by atoms with Crippen molar-refractivity contribution in [3.05, 3.63) is 28.2 Å². The summed E-state index contributed by atoms with van der Waals surface area (Å²) in [6.45, 7) is 4.75. The van der Waals surface area contributed by atoms with Gasteiger partial charge in [-0.25, -0.2) is 0 Å². The van der Waals surface area contributed by atoms with E-state index < -0.39 is 10.0 Å². The molecule has 0 radical (unpaired) electrons. The summed E-state index contributed by atoms with van der Waals surface area (Å²) in [4.78, 5) is 1.63. The predicted octanol–water partition coefficient (Wildman–Crippen LogP) is 2.11. The van der Waals surface area contributed by atoms with Crippen molar-refractivity contribution in [1.82, 2.24) is 4.90 Å². The number of nitrogens with two attached hydrogens (primary N) is 1. The van der Waals surface area contributed by atoms with Gasteiger partial charge in [0.05, 0.1) is 27.1 Å². The molecular formula is C13H17Cl2N3O3S. The molecule has 22 heavy (non-hydrogen) atoms. The van der Waals surface area contributed by atoms with Crippen LogP contribution < -0.4 is 5.73 Å². The van der Waals surface area contributed by atoms with E-state index >= 15 is 0 Å². The Bertz CT molecular complexity index is 684. The van der Waals surface area contributed by atoms with Crippen LogP contribution in [0.15, 0.2) is 27.5 Å². The van der Waals surface area contributed by atoms with Gasteiger partial charge in [0.15, 0.2) is 0 Å². The summed E-state index contributed by atoms with van der Waals surface area (Å²) in [5, 5.41) is 0.415. The molecule has 1 fully saturated rings. The summed E-state index contributed by atoms with van der Waals surface area (Å²) in [7, 11) is -3.95. The smallest absolute Gasteiger partial charge is 0.285 e. The van der Waals surface area contributed by atoms with Crippen LogP contribution in [0.1, 0.15) is 13.8 Å². The van der Waals surface area contributed by atoms with Crippen LogP contribution in [0.4, 0.5) is 0 Å². The number of guanidine groups is 1. The summed E-state index contributed by atoms with van der Waals surface area (Å²) in [5.74, 6) is -0.0620. The molecule has 1 saturated heterocycles. The van der Waals surface area contributed by atoms with Crippen molar-refractivity contribution >= 4 is 39.2 Å². The van der Waals surface area contributed by atoms with Gasteiger partial charge in [-0.3, -0.25) is 0 Å². The number of rotatable bonds is 2. The second-order valence-electron chi connectivity index (χ2n) is 5.16. The maximum atomic E-state index is 12.3. The van der Waals surface area contributed by atoms with Crippen LogP contribution in [0.3, 0.4) is 0 Å². The molecule has 9 heteroatoms. The van der Waals surface area contributed by atoms with Gasteiger partial charge in [-0.1, -0.05) is 23.2 Å². The zero-order valence-electron chi connectivity index (χ0n) is 12.2. The Morgan fingerprint density at radius 1 is 1.27 bits per heavy atom. The van der Waals surface area contributed by atoms with E-state index in [1.165, 1.54) is 18.2 Å². The molecule has 0 aromatic heterocycles. The molecule has 0 aliphatic carbocycles. The van der Waals surface area contributed by atoms with Crippen LogP contribution in [-0.2, 0) is 14.8 Å². The first-order chi connectivity index (χ1) is 10.2. The third-order valence-corrected chi connectivity index (χ3v) is 5.16. The van der Waals surface area contributed by atoms with E-state index in [-0.39, 0.29) is 33.1 Å². The minimum Gasteiger partial charge on any atom is -0.372 e. The Hall–Kier alpha value is -1.02. The molecule has 0 spiro atoms. The van der Waals surface area contributed by atoms with Gasteiger partial charge >= 0.3 is 0 Å². The Labute approximate surface area is 139 Å². The Morgan fingerprint density at radius 2 is 1.86 bits per heavy atom. The first-order valence-electron chi connectivity index (χ1n) is 6.65. The summed E-state index contributed by atoms with van der Waals surface area (Å²) in [5.41, 5.74) is 5.85. The van der Waals surface area contributed by atoms with Crippen LogP contribution in [0.5, 0.6) is 0 Å². The summed E-state index contributed by atoms with van der Waals surface area (Å²) < 4.78 is 33.8. The van der Waals surface area contributed by atoms with Gasteiger partial charge in [0.1, 0.15) is 0 Å². The van der Waals surface area contributed by atoms with E-state index in [0.717, 1.165) is 0 Å². The number of halogens is 2. The van der Waals surface area contributed by atoms with Crippen LogP contribution in [0, 0.1) is 0 Å². The maximum Gasteiger partial charge on any atom is 0.285 e. The van der Waals surface area contributed by atoms with Gasteiger partial charge < -0.3 is 15.4 Å². The fourth-order valence-electron chi connectivity index (χ4n) is 2.24. The summed E-state index contributed by atoms with van der Waals surface area (Å²) in [6.07, 6.45) is -0.102. The fraction of sp³-hybridized carbons (Fsp3) is 0.462. The monoisotopic (exact) mass is 365 g/mol. The van der Waals surface area contributed by atoms with Crippen LogP contribution in [0.2, 0.25) is 10.0 Å². The van der Waals surface area contributed by atoms with Gasteiger partial charge in [0.2, 0.25) is 5.96 Å². The topological polar surface area (TPSA) is 85.0 Å². The second-order valence-corrected chi connectivity index (χ2v) is 7.58. The van der Waals surface area contributed by atoms with E-state index in [1.54, 1.807) is 4.90 Å². The van der Waals surface area contributed by atoms with Crippen molar-refractivity contribution in [2.45, 2.75) is 31.0 Å². The van der Waals surface area contributed by atoms with Crippen molar-refractivity contribution < 1.29 is 13.2 Å². The zero-order chi connectivity index (χ0) is 16.5. The van der Waals surface area contributed by atoms with Crippen LogP contribution >= 0.6 is 23.2 Å². The zero-order valence-corrected chi connectivity index (χ0v) is 14.5. The molecule has 0 saturated carbocycles. The number of hydrogen-bond donors (Lipinski definition) is 1. The van der Waals surface area contributed by atoms with Gasteiger partial charge in [-0.05, 0) is 32.0 Å². The van der Waals surface area contributed by atoms with E-state index in [2.05, 4.69) is 4.40 Å². The van der Waals surface area contributed by atoms with Crippen LogP contribution in [0.25, 0.3) is 0 Å².